The van der Waals surface area contributed by atoms with E-state index in [2.05, 4.69) is 9.97 Å². The maximum atomic E-state index is 13.8. The van der Waals surface area contributed by atoms with Crippen molar-refractivity contribution in [2.75, 3.05) is 0 Å². The topological polar surface area (TPSA) is 37.9 Å². The van der Waals surface area contributed by atoms with Crippen LogP contribution in [0.4, 0.5) is 4.39 Å². The molecule has 0 aliphatic carbocycles. The zero-order valence-electron chi connectivity index (χ0n) is 12.9. The van der Waals surface area contributed by atoms with Crippen LogP contribution in [0.25, 0.3) is 22.4 Å². The van der Waals surface area contributed by atoms with Gasteiger partial charge in [0, 0.05) is 5.56 Å². The molecule has 24 heavy (non-hydrogen) atoms. The van der Waals surface area contributed by atoms with Crippen LogP contribution in [0.2, 0.25) is 0 Å². The molecular weight excluding hydrogens is 303 g/mol. The van der Waals surface area contributed by atoms with E-state index in [1.54, 1.807) is 18.2 Å². The molecule has 0 amide bonds. The number of H-pyrrole nitrogens is 1. The minimum atomic E-state index is -0.265. The van der Waals surface area contributed by atoms with Crippen LogP contribution in [0.3, 0.4) is 0 Å². The number of fused-ring (bicyclic) bond motifs is 1. The smallest absolute Gasteiger partial charge is 0.142 e. The van der Waals surface area contributed by atoms with E-state index in [-0.39, 0.29) is 12.4 Å². The Kier molecular flexibility index (Phi) is 3.71. The van der Waals surface area contributed by atoms with Crippen molar-refractivity contribution in [3.8, 4) is 17.1 Å². The van der Waals surface area contributed by atoms with Crippen LogP contribution in [0, 0.1) is 5.82 Å². The van der Waals surface area contributed by atoms with Gasteiger partial charge >= 0.3 is 0 Å². The molecule has 4 heteroatoms. The van der Waals surface area contributed by atoms with Gasteiger partial charge in [-0.15, -0.1) is 0 Å². The van der Waals surface area contributed by atoms with Gasteiger partial charge < -0.3 is 9.72 Å². The van der Waals surface area contributed by atoms with Crippen molar-refractivity contribution in [2.45, 2.75) is 6.61 Å². The number of ether oxygens (including phenoxy) is 1. The molecule has 0 aliphatic heterocycles. The molecule has 1 N–H and O–H groups in total. The van der Waals surface area contributed by atoms with E-state index in [1.807, 2.05) is 48.5 Å². The Morgan fingerprint density at radius 1 is 0.875 bits per heavy atom. The predicted molar refractivity (Wildman–Crippen MR) is 92.3 cm³/mol. The van der Waals surface area contributed by atoms with Crippen LogP contribution in [0.5, 0.6) is 5.75 Å². The molecule has 0 bridgehead atoms. The number of aromatic amines is 1. The zero-order chi connectivity index (χ0) is 16.4. The molecule has 0 fully saturated rings. The summed E-state index contributed by atoms with van der Waals surface area (Å²) in [7, 11) is 0. The first kappa shape index (κ1) is 14.5. The van der Waals surface area contributed by atoms with Crippen molar-refractivity contribution in [1.82, 2.24) is 9.97 Å². The van der Waals surface area contributed by atoms with Crippen molar-refractivity contribution < 1.29 is 9.13 Å². The van der Waals surface area contributed by atoms with Gasteiger partial charge in [-0.1, -0.05) is 42.5 Å². The Balaban J connectivity index is 1.66. The lowest BCUT2D eigenvalue weighted by atomic mass is 10.2. The number of imidazole rings is 1. The number of para-hydroxylation sites is 3. The first-order valence-corrected chi connectivity index (χ1v) is 7.71. The normalized spacial score (nSPS) is 10.9. The van der Waals surface area contributed by atoms with Crippen LogP contribution < -0.4 is 4.74 Å². The molecule has 0 unspecified atom stereocenters. The largest absolute Gasteiger partial charge is 0.488 e. The summed E-state index contributed by atoms with van der Waals surface area (Å²) in [4.78, 5) is 7.90. The third-order valence-corrected chi connectivity index (χ3v) is 3.87. The molecular formula is C20H15FN2O. The minimum absolute atomic E-state index is 0.171. The van der Waals surface area contributed by atoms with Crippen molar-refractivity contribution in [3.05, 3.63) is 84.2 Å². The van der Waals surface area contributed by atoms with Crippen molar-refractivity contribution in [3.63, 3.8) is 0 Å². The summed E-state index contributed by atoms with van der Waals surface area (Å²) < 4.78 is 19.6. The van der Waals surface area contributed by atoms with Crippen LogP contribution >= 0.6 is 0 Å². The van der Waals surface area contributed by atoms with Gasteiger partial charge in [0.25, 0.3) is 0 Å². The van der Waals surface area contributed by atoms with Gasteiger partial charge in [0.15, 0.2) is 0 Å². The van der Waals surface area contributed by atoms with E-state index in [4.69, 9.17) is 4.74 Å². The second-order valence-corrected chi connectivity index (χ2v) is 5.48. The molecule has 3 nitrogen and oxygen atoms in total. The number of aromatic nitrogens is 2. The molecule has 4 aromatic rings. The molecule has 0 saturated heterocycles. The van der Waals surface area contributed by atoms with Gasteiger partial charge in [-0.05, 0) is 30.3 Å². The Morgan fingerprint density at radius 3 is 2.50 bits per heavy atom. The average molecular weight is 318 g/mol. The van der Waals surface area contributed by atoms with Gasteiger partial charge in [-0.2, -0.15) is 0 Å². The summed E-state index contributed by atoms with van der Waals surface area (Å²) in [6.45, 7) is 0.171. The maximum Gasteiger partial charge on any atom is 0.142 e. The lowest BCUT2D eigenvalue weighted by molar-refractivity contribution is 0.301. The summed E-state index contributed by atoms with van der Waals surface area (Å²) in [5.74, 6) is 1.14. The molecule has 3 aromatic carbocycles. The highest BCUT2D eigenvalue weighted by Gasteiger charge is 2.11. The fourth-order valence-corrected chi connectivity index (χ4v) is 2.64. The number of rotatable bonds is 4. The summed E-state index contributed by atoms with van der Waals surface area (Å²) in [6.07, 6.45) is 0. The van der Waals surface area contributed by atoms with E-state index in [0.29, 0.717) is 11.3 Å². The number of nitrogens with zero attached hydrogens (tertiary/aromatic N) is 1. The molecule has 0 atom stereocenters. The van der Waals surface area contributed by atoms with E-state index in [0.717, 1.165) is 22.4 Å². The van der Waals surface area contributed by atoms with E-state index in [1.165, 1.54) is 6.07 Å². The second-order valence-electron chi connectivity index (χ2n) is 5.48. The molecule has 118 valence electrons. The standard InChI is InChI=1S/C20H15FN2O/c21-16-9-3-1-7-14(16)13-24-19-12-6-2-8-15(19)20-22-17-10-4-5-11-18(17)23-20/h1-12H,13H2,(H,22,23). The van der Waals surface area contributed by atoms with E-state index >= 15 is 0 Å². The number of halogens is 1. The van der Waals surface area contributed by atoms with Crippen LogP contribution in [0.1, 0.15) is 5.56 Å². The van der Waals surface area contributed by atoms with Crippen molar-refractivity contribution >= 4 is 11.0 Å². The van der Waals surface area contributed by atoms with Crippen LogP contribution in [-0.2, 0) is 6.61 Å². The highest BCUT2D eigenvalue weighted by molar-refractivity contribution is 5.80. The first-order chi connectivity index (χ1) is 11.8. The lowest BCUT2D eigenvalue weighted by Crippen LogP contribution is -1.99. The Morgan fingerprint density at radius 2 is 1.62 bits per heavy atom. The summed E-state index contributed by atoms with van der Waals surface area (Å²) >= 11 is 0. The van der Waals surface area contributed by atoms with E-state index in [9.17, 15) is 4.39 Å². The third kappa shape index (κ3) is 2.74. The summed E-state index contributed by atoms with van der Waals surface area (Å²) in [5.41, 5.74) is 3.25. The van der Waals surface area contributed by atoms with E-state index < -0.39 is 0 Å². The molecule has 0 radical (unpaired) electrons. The summed E-state index contributed by atoms with van der Waals surface area (Å²) in [5, 5.41) is 0. The van der Waals surface area contributed by atoms with Gasteiger partial charge in [0.1, 0.15) is 24.0 Å². The van der Waals surface area contributed by atoms with Crippen LogP contribution in [0.15, 0.2) is 72.8 Å². The number of hydrogen-bond acceptors (Lipinski definition) is 2. The average Bonchev–Trinajstić information content (AvgIpc) is 3.05. The zero-order valence-corrected chi connectivity index (χ0v) is 12.9. The quantitative estimate of drug-likeness (QED) is 0.578. The third-order valence-electron chi connectivity index (χ3n) is 3.87. The van der Waals surface area contributed by atoms with Crippen molar-refractivity contribution in [1.29, 1.82) is 0 Å². The van der Waals surface area contributed by atoms with Gasteiger partial charge in [0.2, 0.25) is 0 Å². The summed E-state index contributed by atoms with van der Waals surface area (Å²) in [6, 6.07) is 22.1. The lowest BCUT2D eigenvalue weighted by Gasteiger charge is -2.10. The second kappa shape index (κ2) is 6.16. The number of benzene rings is 3. The first-order valence-electron chi connectivity index (χ1n) is 7.71. The predicted octanol–water partition coefficient (Wildman–Crippen LogP) is 4.95. The number of nitrogens with one attached hydrogen (secondary N) is 1. The molecule has 0 aliphatic rings. The molecule has 0 saturated carbocycles. The Hall–Kier alpha value is -3.14. The van der Waals surface area contributed by atoms with Gasteiger partial charge in [-0.25, -0.2) is 9.37 Å². The van der Waals surface area contributed by atoms with Crippen molar-refractivity contribution in [2.24, 2.45) is 0 Å². The highest BCUT2D eigenvalue weighted by Crippen LogP contribution is 2.30. The van der Waals surface area contributed by atoms with Crippen LogP contribution in [-0.4, -0.2) is 9.97 Å². The highest BCUT2D eigenvalue weighted by atomic mass is 19.1. The number of hydrogen-bond donors (Lipinski definition) is 1. The van der Waals surface area contributed by atoms with Gasteiger partial charge in [0.05, 0.1) is 16.6 Å². The minimum Gasteiger partial charge on any atom is -0.488 e. The van der Waals surface area contributed by atoms with Gasteiger partial charge in [-0.3, -0.25) is 0 Å². The molecule has 4 rings (SSSR count). The maximum absolute atomic E-state index is 13.8. The fraction of sp³-hybridized carbons (Fsp3) is 0.0500. The Labute approximate surface area is 138 Å². The molecule has 1 heterocycles. The monoisotopic (exact) mass is 318 g/mol. The SMILES string of the molecule is Fc1ccccc1COc1ccccc1-c1nc2ccccc2[nH]1. The molecule has 0 spiro atoms. The fourth-order valence-electron chi connectivity index (χ4n) is 2.64. The molecule has 1 aromatic heterocycles. The Bertz CT molecular complexity index is 961.